The van der Waals surface area contributed by atoms with Crippen molar-refractivity contribution >= 4 is 17.2 Å². The number of rotatable bonds is 5. The number of nitrogens with zero attached hydrogens (tertiary/aromatic N) is 1. The van der Waals surface area contributed by atoms with Gasteiger partial charge in [0.2, 0.25) is 0 Å². The van der Waals surface area contributed by atoms with Gasteiger partial charge in [-0.3, -0.25) is 0 Å². The second kappa shape index (κ2) is 5.76. The zero-order valence-electron chi connectivity index (χ0n) is 10.7. The maximum absolute atomic E-state index is 13.5. The van der Waals surface area contributed by atoms with Crippen LogP contribution in [-0.4, -0.2) is 23.5 Å². The van der Waals surface area contributed by atoms with Crippen LogP contribution >= 0.6 is 12.2 Å². The first-order valence-electron chi connectivity index (χ1n) is 6.33. The molecule has 98 valence electrons. The van der Waals surface area contributed by atoms with Crippen LogP contribution in [0.4, 0.5) is 4.39 Å². The van der Waals surface area contributed by atoms with Crippen molar-refractivity contribution in [3.63, 3.8) is 0 Å². The summed E-state index contributed by atoms with van der Waals surface area (Å²) >= 11 is 4.84. The maximum atomic E-state index is 13.5. The molecule has 2 rings (SSSR count). The Bertz CT molecular complexity index is 443. The third-order valence-electron chi connectivity index (χ3n) is 3.54. The van der Waals surface area contributed by atoms with Crippen LogP contribution in [0.2, 0.25) is 0 Å². The summed E-state index contributed by atoms with van der Waals surface area (Å²) in [4.78, 5) is 2.40. The molecule has 18 heavy (non-hydrogen) atoms. The fourth-order valence-electron chi connectivity index (χ4n) is 2.35. The average Bonchev–Trinajstić information content (AvgIpc) is 2.26. The minimum atomic E-state index is -0.340. The summed E-state index contributed by atoms with van der Waals surface area (Å²) in [5.41, 5.74) is 6.91. The van der Waals surface area contributed by atoms with E-state index in [1.165, 1.54) is 25.3 Å². The molecule has 0 atom stereocenters. The second-order valence-corrected chi connectivity index (χ2v) is 5.61. The molecule has 0 radical (unpaired) electrons. The molecular weight excluding hydrogens is 247 g/mol. The molecule has 0 amide bonds. The lowest BCUT2D eigenvalue weighted by molar-refractivity contribution is 0.200. The summed E-state index contributed by atoms with van der Waals surface area (Å²) in [6.45, 7) is 1.92. The lowest BCUT2D eigenvalue weighted by atomic mass is 9.85. The first-order valence-corrected chi connectivity index (χ1v) is 6.74. The summed E-state index contributed by atoms with van der Waals surface area (Å²) in [6.07, 6.45) is 4.04. The minimum Gasteiger partial charge on any atom is -0.389 e. The lowest BCUT2D eigenvalue weighted by Gasteiger charge is -2.30. The van der Waals surface area contributed by atoms with Crippen LogP contribution in [0, 0.1) is 11.7 Å². The van der Waals surface area contributed by atoms with Gasteiger partial charge in [-0.15, -0.1) is 0 Å². The molecule has 2 N–H and O–H groups in total. The molecule has 1 aromatic carbocycles. The van der Waals surface area contributed by atoms with Crippen molar-refractivity contribution in [1.82, 2.24) is 4.90 Å². The van der Waals surface area contributed by atoms with Crippen LogP contribution < -0.4 is 5.73 Å². The van der Waals surface area contributed by atoms with Gasteiger partial charge in [-0.1, -0.05) is 24.7 Å². The molecule has 1 aromatic rings. The van der Waals surface area contributed by atoms with Crippen LogP contribution in [-0.2, 0) is 6.54 Å². The Morgan fingerprint density at radius 2 is 2.22 bits per heavy atom. The Morgan fingerprint density at radius 1 is 1.50 bits per heavy atom. The largest absolute Gasteiger partial charge is 0.389 e. The fraction of sp³-hybridized carbons (Fsp3) is 0.500. The van der Waals surface area contributed by atoms with E-state index in [4.69, 9.17) is 18.0 Å². The van der Waals surface area contributed by atoms with Crippen LogP contribution in [0.25, 0.3) is 0 Å². The Hall–Kier alpha value is -1.00. The number of benzene rings is 1. The Morgan fingerprint density at radius 3 is 2.78 bits per heavy atom. The van der Waals surface area contributed by atoms with Crippen molar-refractivity contribution < 1.29 is 4.39 Å². The number of thiocarbonyl (C=S) groups is 1. The topological polar surface area (TPSA) is 29.3 Å². The fourth-order valence-corrected chi connectivity index (χ4v) is 2.51. The first kappa shape index (κ1) is 13.4. The van der Waals surface area contributed by atoms with Gasteiger partial charge in [0.05, 0.1) is 0 Å². The minimum absolute atomic E-state index is 0.121. The summed E-state index contributed by atoms with van der Waals surface area (Å²) < 4.78 is 13.5. The summed E-state index contributed by atoms with van der Waals surface area (Å²) in [6, 6.07) is 5.00. The van der Waals surface area contributed by atoms with E-state index in [1.54, 1.807) is 12.1 Å². The maximum Gasteiger partial charge on any atom is 0.133 e. The number of hydrogen-bond donors (Lipinski definition) is 1. The highest BCUT2D eigenvalue weighted by atomic mass is 32.1. The molecule has 2 nitrogen and oxygen atoms in total. The zero-order chi connectivity index (χ0) is 13.1. The van der Waals surface area contributed by atoms with Crippen molar-refractivity contribution in [2.75, 3.05) is 13.6 Å². The molecule has 0 aromatic heterocycles. The molecule has 1 aliphatic rings. The summed E-state index contributed by atoms with van der Waals surface area (Å²) in [5, 5.41) is 0. The molecule has 4 heteroatoms. The Kier molecular flexibility index (Phi) is 4.30. The van der Waals surface area contributed by atoms with Gasteiger partial charge in [-0.05, 0) is 43.5 Å². The second-order valence-electron chi connectivity index (χ2n) is 5.17. The van der Waals surface area contributed by atoms with Crippen molar-refractivity contribution in [3.8, 4) is 0 Å². The van der Waals surface area contributed by atoms with Crippen LogP contribution in [0.15, 0.2) is 18.2 Å². The van der Waals surface area contributed by atoms with E-state index in [1.807, 2.05) is 0 Å². The van der Waals surface area contributed by atoms with E-state index in [2.05, 4.69) is 11.9 Å². The monoisotopic (exact) mass is 266 g/mol. The van der Waals surface area contributed by atoms with E-state index in [-0.39, 0.29) is 10.8 Å². The molecular formula is C14H19FN2S. The number of hydrogen-bond acceptors (Lipinski definition) is 2. The molecule has 0 aliphatic heterocycles. The van der Waals surface area contributed by atoms with Gasteiger partial charge < -0.3 is 10.6 Å². The van der Waals surface area contributed by atoms with Gasteiger partial charge in [0, 0.05) is 18.7 Å². The zero-order valence-corrected chi connectivity index (χ0v) is 11.5. The molecule has 0 spiro atoms. The highest BCUT2D eigenvalue weighted by Crippen LogP contribution is 2.27. The first-order chi connectivity index (χ1) is 8.56. The van der Waals surface area contributed by atoms with E-state index < -0.39 is 0 Å². The SMILES string of the molecule is CN(Cc1ccc(F)c(C(N)=S)c1)CC1CCC1. The van der Waals surface area contributed by atoms with Gasteiger partial charge in [-0.25, -0.2) is 4.39 Å². The van der Waals surface area contributed by atoms with Crippen LogP contribution in [0.5, 0.6) is 0 Å². The van der Waals surface area contributed by atoms with Crippen LogP contribution in [0.1, 0.15) is 30.4 Å². The quantitative estimate of drug-likeness (QED) is 0.831. The highest BCUT2D eigenvalue weighted by molar-refractivity contribution is 7.80. The van der Waals surface area contributed by atoms with Gasteiger partial charge in [0.1, 0.15) is 10.8 Å². The molecule has 1 fully saturated rings. The van der Waals surface area contributed by atoms with Crippen molar-refractivity contribution in [2.24, 2.45) is 11.7 Å². The van der Waals surface area contributed by atoms with Gasteiger partial charge in [-0.2, -0.15) is 0 Å². The van der Waals surface area contributed by atoms with E-state index in [0.29, 0.717) is 5.56 Å². The highest BCUT2D eigenvalue weighted by Gasteiger charge is 2.19. The van der Waals surface area contributed by atoms with E-state index in [9.17, 15) is 4.39 Å². The van der Waals surface area contributed by atoms with Crippen molar-refractivity contribution in [3.05, 3.63) is 35.1 Å². The molecule has 1 saturated carbocycles. The Labute approximate surface area is 113 Å². The third kappa shape index (κ3) is 3.27. The standard InChI is InChI=1S/C14H19FN2S/c1-17(8-10-3-2-4-10)9-11-5-6-13(15)12(7-11)14(16)18/h5-7,10H,2-4,8-9H2,1H3,(H2,16,18). The summed E-state index contributed by atoms with van der Waals surface area (Å²) in [5.74, 6) is 0.499. The predicted octanol–water partition coefficient (Wildman–Crippen LogP) is 2.69. The molecule has 1 aliphatic carbocycles. The lowest BCUT2D eigenvalue weighted by Crippen LogP contribution is -2.29. The van der Waals surface area contributed by atoms with Crippen molar-refractivity contribution in [2.45, 2.75) is 25.8 Å². The summed E-state index contributed by atoms with van der Waals surface area (Å²) in [7, 11) is 2.10. The normalized spacial score (nSPS) is 15.7. The van der Waals surface area contributed by atoms with Gasteiger partial charge in [0.25, 0.3) is 0 Å². The van der Waals surface area contributed by atoms with E-state index >= 15 is 0 Å². The van der Waals surface area contributed by atoms with Crippen molar-refractivity contribution in [1.29, 1.82) is 0 Å². The number of nitrogens with two attached hydrogens (primary N) is 1. The molecule has 0 unspecified atom stereocenters. The van der Waals surface area contributed by atoms with Gasteiger partial charge >= 0.3 is 0 Å². The molecule has 0 bridgehead atoms. The van der Waals surface area contributed by atoms with Gasteiger partial charge in [0.15, 0.2) is 0 Å². The smallest absolute Gasteiger partial charge is 0.133 e. The predicted molar refractivity (Wildman–Crippen MR) is 76.0 cm³/mol. The Balaban J connectivity index is 1.99. The molecule has 0 heterocycles. The third-order valence-corrected chi connectivity index (χ3v) is 3.76. The number of halogens is 1. The molecule has 0 saturated heterocycles. The average molecular weight is 266 g/mol. The van der Waals surface area contributed by atoms with Crippen LogP contribution in [0.3, 0.4) is 0 Å². The van der Waals surface area contributed by atoms with E-state index in [0.717, 1.165) is 24.6 Å².